The molecule has 3 unspecified atom stereocenters. The van der Waals surface area contributed by atoms with Gasteiger partial charge in [-0.15, -0.1) is 11.3 Å². The molecule has 6 nitrogen and oxygen atoms in total. The van der Waals surface area contributed by atoms with Crippen molar-refractivity contribution in [3.63, 3.8) is 0 Å². The average Bonchev–Trinajstić information content (AvgIpc) is 3.55. The second-order valence-electron chi connectivity index (χ2n) is 11.9. The zero-order valence-electron chi connectivity index (χ0n) is 23.3. The highest BCUT2D eigenvalue weighted by atomic mass is 32.1. The predicted octanol–water partition coefficient (Wildman–Crippen LogP) is 5.88. The topological polar surface area (TPSA) is 59.9 Å². The number of rotatable bonds is 10. The van der Waals surface area contributed by atoms with E-state index in [1.807, 2.05) is 0 Å². The Kier molecular flexibility index (Phi) is 9.39. The summed E-state index contributed by atoms with van der Waals surface area (Å²) in [5, 5.41) is 13.7. The van der Waals surface area contributed by atoms with E-state index in [-0.39, 0.29) is 6.04 Å². The van der Waals surface area contributed by atoms with E-state index < -0.39 is 5.97 Å². The molecule has 2 aliphatic heterocycles. The molecule has 2 saturated heterocycles. The smallest absolute Gasteiger partial charge is 0.321 e. The third-order valence-electron chi connectivity index (χ3n) is 9.25. The number of anilines is 1. The number of hydrogen-bond acceptors (Lipinski definition) is 6. The molecule has 1 saturated carbocycles. The summed E-state index contributed by atoms with van der Waals surface area (Å²) in [4.78, 5) is 24.9. The number of piperidine rings is 1. The highest BCUT2D eigenvalue weighted by Gasteiger charge is 2.43. The summed E-state index contributed by atoms with van der Waals surface area (Å²) in [6, 6.07) is 11.1. The molecule has 0 bridgehead atoms. The Balaban J connectivity index is 1.26. The maximum Gasteiger partial charge on any atom is 0.321 e. The number of carboxylic acids is 1. The molecular formula is C31H46N4O2S. The van der Waals surface area contributed by atoms with E-state index in [2.05, 4.69) is 64.3 Å². The zero-order chi connectivity index (χ0) is 26.5. The van der Waals surface area contributed by atoms with Crippen LogP contribution < -0.4 is 4.90 Å². The average molecular weight is 539 g/mol. The fourth-order valence-electron chi connectivity index (χ4n) is 7.39. The van der Waals surface area contributed by atoms with E-state index >= 15 is 0 Å². The van der Waals surface area contributed by atoms with Crippen molar-refractivity contribution >= 4 is 22.4 Å². The van der Waals surface area contributed by atoms with E-state index in [1.165, 1.54) is 42.8 Å². The largest absolute Gasteiger partial charge is 0.480 e. The van der Waals surface area contributed by atoms with Crippen LogP contribution in [-0.2, 0) is 4.79 Å². The van der Waals surface area contributed by atoms with Gasteiger partial charge in [-0.05, 0) is 56.4 Å². The molecule has 5 rings (SSSR count). The molecule has 1 aromatic carbocycles. The summed E-state index contributed by atoms with van der Waals surface area (Å²) < 4.78 is 0. The molecule has 3 atom stereocenters. The molecular weight excluding hydrogens is 492 g/mol. The molecule has 1 aromatic heterocycles. The van der Waals surface area contributed by atoms with Crippen LogP contribution >= 0.6 is 11.3 Å². The van der Waals surface area contributed by atoms with Crippen molar-refractivity contribution in [2.24, 2.45) is 11.8 Å². The van der Waals surface area contributed by atoms with Gasteiger partial charge in [0.15, 0.2) is 5.13 Å². The second-order valence-corrected chi connectivity index (χ2v) is 12.7. The van der Waals surface area contributed by atoms with Crippen molar-refractivity contribution in [1.29, 1.82) is 0 Å². The molecule has 3 heterocycles. The van der Waals surface area contributed by atoms with E-state index in [4.69, 9.17) is 4.98 Å². The Morgan fingerprint density at radius 3 is 2.47 bits per heavy atom. The minimum atomic E-state index is -0.612. The van der Waals surface area contributed by atoms with Gasteiger partial charge in [-0.1, -0.05) is 56.5 Å². The van der Waals surface area contributed by atoms with Crippen molar-refractivity contribution in [3.05, 3.63) is 47.0 Å². The standard InChI is InChI=1S/C31H46N4O2S/c1-3-16-35(31-32-23(2)22-38-31)27-14-17-33(18-15-27)19-26-20-34(21-28(26)24-10-6-4-7-11-24)29(30(36)37)25-12-8-5-9-13-25/h4,6-7,10-11,22,25-29H,3,5,8-9,12-21H2,1-2H3,(H,36,37). The van der Waals surface area contributed by atoms with Crippen molar-refractivity contribution in [1.82, 2.24) is 14.8 Å². The first-order valence-electron chi connectivity index (χ1n) is 15.0. The van der Waals surface area contributed by atoms with Crippen molar-refractivity contribution < 1.29 is 9.90 Å². The molecule has 0 amide bonds. The van der Waals surface area contributed by atoms with Crippen LogP contribution in [0.3, 0.4) is 0 Å². The van der Waals surface area contributed by atoms with Gasteiger partial charge in [0.1, 0.15) is 6.04 Å². The molecule has 2 aromatic rings. The number of benzene rings is 1. The van der Waals surface area contributed by atoms with Crippen molar-refractivity contribution in [3.8, 4) is 0 Å². The minimum absolute atomic E-state index is 0.297. The first-order chi connectivity index (χ1) is 18.5. The number of aromatic nitrogens is 1. The second kappa shape index (κ2) is 12.9. The summed E-state index contributed by atoms with van der Waals surface area (Å²) in [6.07, 6.45) is 9.22. The van der Waals surface area contributed by atoms with Gasteiger partial charge in [0.05, 0.1) is 5.69 Å². The Bertz CT molecular complexity index is 1020. The Morgan fingerprint density at radius 2 is 1.84 bits per heavy atom. The lowest BCUT2D eigenvalue weighted by Crippen LogP contribution is -2.48. The Morgan fingerprint density at radius 1 is 1.11 bits per heavy atom. The fraction of sp³-hybridized carbons (Fsp3) is 0.677. The van der Waals surface area contributed by atoms with Crippen LogP contribution in [0.2, 0.25) is 0 Å². The number of aliphatic carboxylic acids is 1. The van der Waals surface area contributed by atoms with E-state index in [0.29, 0.717) is 23.8 Å². The van der Waals surface area contributed by atoms with Crippen molar-refractivity contribution in [2.45, 2.75) is 83.2 Å². The first-order valence-corrected chi connectivity index (χ1v) is 15.8. The number of carboxylic acid groups (broad SMARTS) is 1. The summed E-state index contributed by atoms with van der Waals surface area (Å²) in [5.41, 5.74) is 2.49. The number of likely N-dealkylation sites (tertiary alicyclic amines) is 2. The lowest BCUT2D eigenvalue weighted by molar-refractivity contribution is -0.145. The maximum absolute atomic E-state index is 12.5. The lowest BCUT2D eigenvalue weighted by atomic mass is 9.83. The molecule has 0 spiro atoms. The normalized spacial score (nSPS) is 25.0. The van der Waals surface area contributed by atoms with Gasteiger partial charge < -0.3 is 14.9 Å². The lowest BCUT2D eigenvalue weighted by Gasteiger charge is -2.39. The summed E-state index contributed by atoms with van der Waals surface area (Å²) in [5.74, 6) is 0.548. The quantitative estimate of drug-likeness (QED) is 0.408. The Labute approximate surface area is 233 Å². The number of aryl methyl sites for hydroxylation is 1. The molecule has 7 heteroatoms. The molecule has 38 heavy (non-hydrogen) atoms. The van der Waals surface area contributed by atoms with Crippen LogP contribution in [0.25, 0.3) is 0 Å². The van der Waals surface area contributed by atoms with Gasteiger partial charge in [-0.25, -0.2) is 4.98 Å². The van der Waals surface area contributed by atoms with E-state index in [1.54, 1.807) is 11.3 Å². The monoisotopic (exact) mass is 538 g/mol. The molecule has 1 N–H and O–H groups in total. The molecule has 1 aliphatic carbocycles. The summed E-state index contributed by atoms with van der Waals surface area (Å²) >= 11 is 1.78. The highest BCUT2D eigenvalue weighted by molar-refractivity contribution is 7.13. The van der Waals surface area contributed by atoms with Gasteiger partial charge >= 0.3 is 5.97 Å². The molecule has 208 valence electrons. The molecule has 3 fully saturated rings. The van der Waals surface area contributed by atoms with Gasteiger partial charge in [-0.2, -0.15) is 0 Å². The third-order valence-corrected chi connectivity index (χ3v) is 10.2. The SMILES string of the molecule is CCCN(c1nc(C)cs1)C1CCN(CC2CN(C(C(=O)O)C3CCCCC3)CC2c2ccccc2)CC1. The van der Waals surface area contributed by atoms with Crippen molar-refractivity contribution in [2.75, 3.05) is 44.2 Å². The summed E-state index contributed by atoms with van der Waals surface area (Å²) in [6.45, 7) is 10.5. The number of hydrogen-bond donors (Lipinski definition) is 1. The number of thiazole rings is 1. The minimum Gasteiger partial charge on any atom is -0.480 e. The first kappa shape index (κ1) is 27.6. The van der Waals surface area contributed by atoms with Crippen LogP contribution in [0.15, 0.2) is 35.7 Å². The van der Waals surface area contributed by atoms with Gasteiger partial charge in [-0.3, -0.25) is 9.69 Å². The van der Waals surface area contributed by atoms with E-state index in [9.17, 15) is 9.90 Å². The predicted molar refractivity (Wildman–Crippen MR) is 156 cm³/mol. The van der Waals surface area contributed by atoms with Crippen LogP contribution in [-0.4, -0.2) is 77.2 Å². The zero-order valence-corrected chi connectivity index (χ0v) is 24.1. The Hall–Kier alpha value is -1.96. The third kappa shape index (κ3) is 6.43. The van der Waals surface area contributed by atoms with Crippen LogP contribution in [0, 0.1) is 18.8 Å². The molecule has 0 radical (unpaired) electrons. The number of nitrogens with zero attached hydrogens (tertiary/aromatic N) is 4. The van der Waals surface area contributed by atoms with Gasteiger partial charge in [0.2, 0.25) is 0 Å². The summed E-state index contributed by atoms with van der Waals surface area (Å²) in [7, 11) is 0. The van der Waals surface area contributed by atoms with Crippen LogP contribution in [0.1, 0.15) is 75.5 Å². The van der Waals surface area contributed by atoms with Gasteiger partial charge in [0.25, 0.3) is 0 Å². The molecule has 3 aliphatic rings. The van der Waals surface area contributed by atoms with Crippen LogP contribution in [0.4, 0.5) is 5.13 Å². The van der Waals surface area contributed by atoms with Gasteiger partial charge in [0, 0.05) is 56.6 Å². The maximum atomic E-state index is 12.5. The van der Waals surface area contributed by atoms with Crippen LogP contribution in [0.5, 0.6) is 0 Å². The highest BCUT2D eigenvalue weighted by Crippen LogP contribution is 2.39. The fourth-order valence-corrected chi connectivity index (χ4v) is 8.30. The van der Waals surface area contributed by atoms with E-state index in [0.717, 1.165) is 64.2 Å². The number of carbonyl (C=O) groups is 1.